The molecule has 5 rings (SSSR count). The van der Waals surface area contributed by atoms with Crippen molar-refractivity contribution < 1.29 is 24.1 Å². The number of carbonyl (C=O) groups is 1. The molecule has 2 saturated heterocycles. The number of nitrogens with one attached hydrogen (secondary N) is 2. The number of likely N-dealkylation sites (tertiary alicyclic amines) is 1. The van der Waals surface area contributed by atoms with Crippen LogP contribution in [0, 0.1) is 6.92 Å². The van der Waals surface area contributed by atoms with Crippen molar-refractivity contribution in [1.29, 1.82) is 0 Å². The van der Waals surface area contributed by atoms with Gasteiger partial charge in [0.1, 0.15) is 5.75 Å². The molecule has 1 amide bonds. The van der Waals surface area contributed by atoms with E-state index in [1.807, 2.05) is 19.2 Å². The molecule has 4 heterocycles. The Balaban J connectivity index is 1.38. The largest absolute Gasteiger partial charge is 0.494 e. The zero-order chi connectivity index (χ0) is 28.9. The zero-order valence-corrected chi connectivity index (χ0v) is 23.5. The second-order valence-electron chi connectivity index (χ2n) is 9.95. The number of β-amino-alcohol motifs (C(OH)–C–C–N with tert-alkyl or cyclic N) is 1. The maximum absolute atomic E-state index is 12.2. The second kappa shape index (κ2) is 12.6. The minimum Gasteiger partial charge on any atom is -0.494 e. The molecule has 13 heteroatoms. The lowest BCUT2D eigenvalue weighted by Gasteiger charge is -2.31. The summed E-state index contributed by atoms with van der Waals surface area (Å²) in [4.78, 5) is 25.6. The van der Waals surface area contributed by atoms with Crippen LogP contribution in [0.1, 0.15) is 11.3 Å². The number of hydrogen-bond donors (Lipinski definition) is 3. The minimum absolute atomic E-state index is 0.189. The molecule has 2 aliphatic heterocycles. The van der Waals surface area contributed by atoms with E-state index in [4.69, 9.17) is 14.2 Å². The van der Waals surface area contributed by atoms with Crippen LogP contribution in [0.15, 0.2) is 43.2 Å². The van der Waals surface area contributed by atoms with Gasteiger partial charge in [-0.2, -0.15) is 10.1 Å². The summed E-state index contributed by atoms with van der Waals surface area (Å²) >= 11 is 0. The maximum Gasteiger partial charge on any atom is 0.247 e. The molecule has 1 aromatic carbocycles. The molecule has 0 radical (unpaired) electrons. The molecule has 2 aliphatic rings. The molecule has 0 spiro atoms. The van der Waals surface area contributed by atoms with Crippen molar-refractivity contribution in [1.82, 2.24) is 24.6 Å². The Labute approximate surface area is 238 Å². The SMILES string of the molecule is C=CC(=O)Nc1cc(Nc2nccc(-n3cc(CN4C[C@H](O)[C@H](OC)C4)c(C)n3)n2)c(OC)cc1N1CCOCC1. The van der Waals surface area contributed by atoms with Gasteiger partial charge in [0.25, 0.3) is 0 Å². The van der Waals surface area contributed by atoms with E-state index in [1.54, 1.807) is 37.2 Å². The summed E-state index contributed by atoms with van der Waals surface area (Å²) in [6.07, 6.45) is 4.13. The molecule has 3 aromatic rings. The van der Waals surface area contributed by atoms with Crippen LogP contribution in [0.25, 0.3) is 5.82 Å². The van der Waals surface area contributed by atoms with Crippen LogP contribution in [0.4, 0.5) is 23.0 Å². The Morgan fingerprint density at radius 3 is 2.76 bits per heavy atom. The monoisotopic (exact) mass is 564 g/mol. The third kappa shape index (κ3) is 6.49. The van der Waals surface area contributed by atoms with Gasteiger partial charge in [-0.15, -0.1) is 0 Å². The van der Waals surface area contributed by atoms with Gasteiger partial charge in [0.05, 0.1) is 55.3 Å². The number of rotatable bonds is 10. The first kappa shape index (κ1) is 28.5. The van der Waals surface area contributed by atoms with Crippen LogP contribution in [0.3, 0.4) is 0 Å². The molecule has 0 bridgehead atoms. The summed E-state index contributed by atoms with van der Waals surface area (Å²) in [6.45, 7) is 9.95. The number of benzene rings is 1. The van der Waals surface area contributed by atoms with Crippen molar-refractivity contribution >= 4 is 28.9 Å². The standard InChI is InChI=1S/C28H36N8O5/c1-5-27(38)30-20-12-21(24(39-3)13-22(20)35-8-10-41-11-9-35)31-28-29-7-6-26(32-28)36-15-19(18(2)33-36)14-34-16-23(37)25(17-34)40-4/h5-7,12-13,15,23,25,37H,1,8-11,14,16-17H2,2-4H3,(H,30,38)(H,29,31,32)/t23-,25+/m0/s1. The Hall–Kier alpha value is -4.04. The predicted molar refractivity (Wildman–Crippen MR) is 154 cm³/mol. The fraction of sp³-hybridized carbons (Fsp3) is 0.429. The van der Waals surface area contributed by atoms with Gasteiger partial charge >= 0.3 is 0 Å². The van der Waals surface area contributed by atoms with Gasteiger partial charge < -0.3 is 34.9 Å². The number of aliphatic hydroxyl groups excluding tert-OH is 1. The van der Waals surface area contributed by atoms with Crippen LogP contribution in [0.2, 0.25) is 0 Å². The average molecular weight is 565 g/mol. The minimum atomic E-state index is -0.503. The summed E-state index contributed by atoms with van der Waals surface area (Å²) in [7, 11) is 3.21. The van der Waals surface area contributed by atoms with Crippen molar-refractivity contribution in [2.24, 2.45) is 0 Å². The lowest BCUT2D eigenvalue weighted by Crippen LogP contribution is -2.36. The lowest BCUT2D eigenvalue weighted by atomic mass is 10.1. The first-order chi connectivity index (χ1) is 19.9. The fourth-order valence-corrected chi connectivity index (χ4v) is 5.05. The van der Waals surface area contributed by atoms with E-state index in [9.17, 15) is 9.90 Å². The van der Waals surface area contributed by atoms with Crippen molar-refractivity contribution in [2.45, 2.75) is 25.7 Å². The first-order valence-corrected chi connectivity index (χ1v) is 13.5. The van der Waals surface area contributed by atoms with Crippen LogP contribution < -0.4 is 20.3 Å². The van der Waals surface area contributed by atoms with Crippen LogP contribution in [-0.2, 0) is 20.8 Å². The van der Waals surface area contributed by atoms with E-state index in [1.165, 1.54) is 6.08 Å². The molecule has 41 heavy (non-hydrogen) atoms. The third-order valence-corrected chi connectivity index (χ3v) is 7.24. The molecule has 0 unspecified atom stereocenters. The van der Waals surface area contributed by atoms with E-state index >= 15 is 0 Å². The van der Waals surface area contributed by atoms with Crippen molar-refractivity contribution in [3.8, 4) is 11.6 Å². The van der Waals surface area contributed by atoms with Crippen molar-refractivity contribution in [2.75, 3.05) is 69.1 Å². The summed E-state index contributed by atoms with van der Waals surface area (Å²) < 4.78 is 18.3. The van der Waals surface area contributed by atoms with Gasteiger partial charge in [-0.3, -0.25) is 9.69 Å². The predicted octanol–water partition coefficient (Wildman–Crippen LogP) is 1.88. The van der Waals surface area contributed by atoms with Crippen LogP contribution in [0.5, 0.6) is 5.75 Å². The number of carbonyl (C=O) groups excluding carboxylic acids is 1. The molecule has 2 aromatic heterocycles. The quantitative estimate of drug-likeness (QED) is 0.311. The van der Waals surface area contributed by atoms with E-state index in [0.717, 1.165) is 16.9 Å². The Kier molecular flexibility index (Phi) is 8.78. The Bertz CT molecular complexity index is 1390. The molecule has 218 valence electrons. The number of aryl methyl sites for hydroxylation is 1. The Morgan fingerprint density at radius 1 is 1.24 bits per heavy atom. The Morgan fingerprint density at radius 2 is 2.05 bits per heavy atom. The fourth-order valence-electron chi connectivity index (χ4n) is 5.05. The number of nitrogens with zero attached hydrogens (tertiary/aromatic N) is 6. The number of methoxy groups -OCH3 is 2. The first-order valence-electron chi connectivity index (χ1n) is 13.5. The number of morpholine rings is 1. The van der Waals surface area contributed by atoms with Gasteiger partial charge in [0.2, 0.25) is 11.9 Å². The van der Waals surface area contributed by atoms with E-state index in [2.05, 4.69) is 42.1 Å². The molecule has 2 atom stereocenters. The molecule has 13 nitrogen and oxygen atoms in total. The molecular formula is C28H36N8O5. The molecule has 2 fully saturated rings. The highest BCUT2D eigenvalue weighted by Crippen LogP contribution is 2.38. The smallest absolute Gasteiger partial charge is 0.247 e. The van der Waals surface area contributed by atoms with Crippen LogP contribution in [-0.4, -0.2) is 101 Å². The summed E-state index contributed by atoms with van der Waals surface area (Å²) in [5.41, 5.74) is 3.91. The van der Waals surface area contributed by atoms with E-state index in [-0.39, 0.29) is 12.0 Å². The number of aliphatic hydroxyl groups is 1. The number of amides is 1. The lowest BCUT2D eigenvalue weighted by molar-refractivity contribution is -0.111. The van der Waals surface area contributed by atoms with Gasteiger partial charge in [0.15, 0.2) is 5.82 Å². The number of hydrogen-bond acceptors (Lipinski definition) is 11. The molecule has 3 N–H and O–H groups in total. The number of anilines is 4. The topological polar surface area (TPSA) is 139 Å². The average Bonchev–Trinajstić information content (AvgIpc) is 3.54. The van der Waals surface area contributed by atoms with Gasteiger partial charge in [0, 0.05) is 69.9 Å². The highest BCUT2D eigenvalue weighted by atomic mass is 16.5. The summed E-state index contributed by atoms with van der Waals surface area (Å²) in [6, 6.07) is 5.45. The maximum atomic E-state index is 12.2. The molecule has 0 saturated carbocycles. The highest BCUT2D eigenvalue weighted by molar-refractivity contribution is 6.02. The summed E-state index contributed by atoms with van der Waals surface area (Å²) in [5.74, 6) is 1.16. The normalized spacial score (nSPS) is 19.3. The number of aromatic nitrogens is 4. The van der Waals surface area contributed by atoms with Gasteiger partial charge in [-0.1, -0.05) is 6.58 Å². The summed E-state index contributed by atoms with van der Waals surface area (Å²) in [5, 5.41) is 21.0. The van der Waals surface area contributed by atoms with Crippen molar-refractivity contribution in [3.63, 3.8) is 0 Å². The third-order valence-electron chi connectivity index (χ3n) is 7.24. The number of ether oxygens (including phenoxy) is 3. The highest BCUT2D eigenvalue weighted by Gasteiger charge is 2.31. The van der Waals surface area contributed by atoms with E-state index < -0.39 is 6.10 Å². The van der Waals surface area contributed by atoms with Gasteiger partial charge in [-0.25, -0.2) is 9.67 Å². The zero-order valence-electron chi connectivity index (χ0n) is 23.5. The molecular weight excluding hydrogens is 528 g/mol. The van der Waals surface area contributed by atoms with Crippen LogP contribution >= 0.6 is 0 Å². The van der Waals surface area contributed by atoms with Crippen molar-refractivity contribution in [3.05, 3.63) is 54.5 Å². The van der Waals surface area contributed by atoms with E-state index in [0.29, 0.717) is 74.8 Å². The van der Waals surface area contributed by atoms with Gasteiger partial charge in [-0.05, 0) is 19.1 Å². The molecule has 0 aliphatic carbocycles. The second-order valence-corrected chi connectivity index (χ2v) is 9.95.